The second kappa shape index (κ2) is 4.53. The first-order chi connectivity index (χ1) is 8.17. The van der Waals surface area contributed by atoms with E-state index in [4.69, 9.17) is 0 Å². The maximum absolute atomic E-state index is 2.49. The molecule has 2 rings (SSSR count). The first-order valence-corrected chi connectivity index (χ1v) is 8.17. The van der Waals surface area contributed by atoms with Crippen molar-refractivity contribution in [1.29, 1.82) is 0 Å². The summed E-state index contributed by atoms with van der Waals surface area (Å²) in [6, 6.07) is 0. The van der Waals surface area contributed by atoms with Gasteiger partial charge in [-0.25, -0.2) is 0 Å². The molecular weight excluding hydrogens is 216 g/mol. The van der Waals surface area contributed by atoms with Gasteiger partial charge in [0.05, 0.1) is 0 Å². The van der Waals surface area contributed by atoms with Crippen molar-refractivity contribution in [3.63, 3.8) is 0 Å². The lowest BCUT2D eigenvalue weighted by molar-refractivity contribution is -0.0572. The predicted molar refractivity (Wildman–Crippen MR) is 80.6 cm³/mol. The Bertz CT molecular complexity index is 272. The Hall–Kier alpha value is 0. The van der Waals surface area contributed by atoms with Gasteiger partial charge < -0.3 is 0 Å². The van der Waals surface area contributed by atoms with E-state index in [1.165, 1.54) is 44.9 Å². The van der Waals surface area contributed by atoms with Crippen LogP contribution in [0.2, 0.25) is 0 Å². The van der Waals surface area contributed by atoms with E-state index in [2.05, 4.69) is 41.5 Å². The third-order valence-corrected chi connectivity index (χ3v) is 6.48. The first kappa shape index (κ1) is 14.4. The zero-order chi connectivity index (χ0) is 13.6. The predicted octanol–water partition coefficient (Wildman–Crippen LogP) is 6.06. The fourth-order valence-corrected chi connectivity index (χ4v) is 5.47. The minimum atomic E-state index is 0.433. The molecule has 0 heteroatoms. The second-order valence-electron chi connectivity index (χ2n) is 9.13. The van der Waals surface area contributed by atoms with E-state index in [0.29, 0.717) is 16.2 Å². The third-order valence-electron chi connectivity index (χ3n) is 6.48. The molecule has 0 aromatic carbocycles. The van der Waals surface area contributed by atoms with Gasteiger partial charge in [0.25, 0.3) is 0 Å². The SMILES string of the molecule is CC(C)(C)C1(C(C)(C)C)CCCC2CCCC2C1. The van der Waals surface area contributed by atoms with E-state index >= 15 is 0 Å². The van der Waals surface area contributed by atoms with Crippen LogP contribution in [0.4, 0.5) is 0 Å². The molecular formula is C18H34. The molecule has 106 valence electrons. The van der Waals surface area contributed by atoms with E-state index in [0.717, 1.165) is 11.8 Å². The van der Waals surface area contributed by atoms with Crippen molar-refractivity contribution in [2.45, 2.75) is 86.5 Å². The van der Waals surface area contributed by atoms with E-state index < -0.39 is 0 Å². The molecule has 0 N–H and O–H groups in total. The fraction of sp³-hybridized carbons (Fsp3) is 1.00. The van der Waals surface area contributed by atoms with Crippen LogP contribution in [0.1, 0.15) is 86.5 Å². The van der Waals surface area contributed by atoms with E-state index in [1.807, 2.05) is 0 Å². The highest BCUT2D eigenvalue weighted by molar-refractivity contribution is 5.02. The number of rotatable bonds is 0. The number of fused-ring (bicyclic) bond motifs is 1. The van der Waals surface area contributed by atoms with Gasteiger partial charge in [0.15, 0.2) is 0 Å². The minimum Gasteiger partial charge on any atom is -0.0596 e. The van der Waals surface area contributed by atoms with Gasteiger partial charge in [0.1, 0.15) is 0 Å². The summed E-state index contributed by atoms with van der Waals surface area (Å²) in [5.41, 5.74) is 1.40. The van der Waals surface area contributed by atoms with Crippen LogP contribution < -0.4 is 0 Å². The Labute approximate surface area is 115 Å². The average Bonchev–Trinajstić information content (AvgIpc) is 2.52. The molecule has 0 amide bonds. The molecule has 0 nitrogen and oxygen atoms in total. The van der Waals surface area contributed by atoms with Gasteiger partial charge >= 0.3 is 0 Å². The Balaban J connectivity index is 2.35. The summed E-state index contributed by atoms with van der Waals surface area (Å²) in [6.45, 7) is 15.0. The summed E-state index contributed by atoms with van der Waals surface area (Å²) in [5, 5.41) is 0. The van der Waals surface area contributed by atoms with Gasteiger partial charge in [-0.3, -0.25) is 0 Å². The lowest BCUT2D eigenvalue weighted by atomic mass is 9.50. The lowest BCUT2D eigenvalue weighted by Gasteiger charge is -2.55. The molecule has 2 saturated carbocycles. The monoisotopic (exact) mass is 250 g/mol. The molecule has 2 aliphatic rings. The zero-order valence-electron chi connectivity index (χ0n) is 13.6. The van der Waals surface area contributed by atoms with Gasteiger partial charge in [0, 0.05) is 0 Å². The average molecular weight is 250 g/mol. The molecule has 2 unspecified atom stereocenters. The van der Waals surface area contributed by atoms with Crippen molar-refractivity contribution in [2.24, 2.45) is 28.1 Å². The van der Waals surface area contributed by atoms with Crippen LogP contribution in [0.5, 0.6) is 0 Å². The highest BCUT2D eigenvalue weighted by atomic mass is 14.6. The lowest BCUT2D eigenvalue weighted by Crippen LogP contribution is -2.47. The maximum Gasteiger partial charge on any atom is -0.0198 e. The Kier molecular flexibility index (Phi) is 3.63. The number of hydrogen-bond donors (Lipinski definition) is 0. The Morgan fingerprint density at radius 3 is 1.78 bits per heavy atom. The van der Waals surface area contributed by atoms with Crippen LogP contribution in [-0.2, 0) is 0 Å². The van der Waals surface area contributed by atoms with Crippen LogP contribution in [0.25, 0.3) is 0 Å². The maximum atomic E-state index is 2.49. The molecule has 0 aliphatic heterocycles. The van der Waals surface area contributed by atoms with Crippen molar-refractivity contribution >= 4 is 0 Å². The van der Waals surface area contributed by atoms with E-state index in [9.17, 15) is 0 Å². The van der Waals surface area contributed by atoms with Crippen molar-refractivity contribution < 1.29 is 0 Å². The summed E-state index contributed by atoms with van der Waals surface area (Å²) in [6.07, 6.45) is 10.5. The van der Waals surface area contributed by atoms with Gasteiger partial charge in [-0.05, 0) is 40.9 Å². The Morgan fingerprint density at radius 2 is 1.22 bits per heavy atom. The molecule has 0 aromatic heterocycles. The summed E-state index contributed by atoms with van der Waals surface area (Å²) in [4.78, 5) is 0. The smallest absolute Gasteiger partial charge is 0.0198 e. The molecule has 0 heterocycles. The largest absolute Gasteiger partial charge is 0.0596 e. The van der Waals surface area contributed by atoms with Crippen LogP contribution in [-0.4, -0.2) is 0 Å². The quantitative estimate of drug-likeness (QED) is 0.490. The Morgan fingerprint density at radius 1 is 0.722 bits per heavy atom. The van der Waals surface area contributed by atoms with Gasteiger partial charge in [-0.1, -0.05) is 73.6 Å². The van der Waals surface area contributed by atoms with Gasteiger partial charge in [-0.15, -0.1) is 0 Å². The highest BCUT2D eigenvalue weighted by Crippen LogP contribution is 2.62. The molecule has 18 heavy (non-hydrogen) atoms. The van der Waals surface area contributed by atoms with Crippen molar-refractivity contribution in [1.82, 2.24) is 0 Å². The summed E-state index contributed by atoms with van der Waals surface area (Å²) >= 11 is 0. The van der Waals surface area contributed by atoms with Crippen molar-refractivity contribution in [3.05, 3.63) is 0 Å². The molecule has 0 aromatic rings. The minimum absolute atomic E-state index is 0.433. The second-order valence-corrected chi connectivity index (χ2v) is 9.13. The molecule has 2 atom stereocenters. The summed E-state index contributed by atoms with van der Waals surface area (Å²) in [7, 11) is 0. The molecule has 2 aliphatic carbocycles. The van der Waals surface area contributed by atoms with E-state index in [-0.39, 0.29) is 0 Å². The summed E-state index contributed by atoms with van der Waals surface area (Å²) in [5.74, 6) is 2.10. The van der Waals surface area contributed by atoms with Gasteiger partial charge in [-0.2, -0.15) is 0 Å². The summed E-state index contributed by atoms with van der Waals surface area (Å²) < 4.78 is 0. The van der Waals surface area contributed by atoms with Crippen LogP contribution in [0.3, 0.4) is 0 Å². The standard InChI is InChI=1S/C18H34/c1-16(2,3)18(17(4,5)6)12-8-11-14-9-7-10-15(14)13-18/h14-15H,7-13H2,1-6H3. The third kappa shape index (κ3) is 2.25. The van der Waals surface area contributed by atoms with Crippen molar-refractivity contribution in [3.8, 4) is 0 Å². The fourth-order valence-electron chi connectivity index (χ4n) is 5.47. The highest BCUT2D eigenvalue weighted by Gasteiger charge is 2.52. The van der Waals surface area contributed by atoms with Crippen molar-refractivity contribution in [2.75, 3.05) is 0 Å². The van der Waals surface area contributed by atoms with Crippen LogP contribution >= 0.6 is 0 Å². The first-order valence-electron chi connectivity index (χ1n) is 8.17. The van der Waals surface area contributed by atoms with Gasteiger partial charge in [0.2, 0.25) is 0 Å². The zero-order valence-corrected chi connectivity index (χ0v) is 13.6. The molecule has 2 fully saturated rings. The molecule has 0 spiro atoms. The molecule has 0 saturated heterocycles. The topological polar surface area (TPSA) is 0 Å². The normalized spacial score (nSPS) is 33.0. The number of hydrogen-bond acceptors (Lipinski definition) is 0. The van der Waals surface area contributed by atoms with E-state index in [1.54, 1.807) is 0 Å². The van der Waals surface area contributed by atoms with Crippen LogP contribution in [0, 0.1) is 28.1 Å². The molecule has 0 bridgehead atoms. The van der Waals surface area contributed by atoms with Crippen LogP contribution in [0.15, 0.2) is 0 Å². The molecule has 0 radical (unpaired) electrons.